The number of benzene rings is 1. The minimum atomic E-state index is 0.494. The summed E-state index contributed by atoms with van der Waals surface area (Å²) in [4.78, 5) is 0. The molecule has 0 N–H and O–H groups in total. The standard InChI is InChI=1S/C16H24/c1-12(2)16(3,4)11-14-10-15(14)13-8-6-5-7-9-13/h5-9,12,14-15H,10-11H2,1-4H3. The Morgan fingerprint density at radius 3 is 2.38 bits per heavy atom. The Bertz CT molecular complexity index is 334. The van der Waals surface area contributed by atoms with Crippen molar-refractivity contribution < 1.29 is 0 Å². The highest BCUT2D eigenvalue weighted by atomic mass is 14.5. The third kappa shape index (κ3) is 2.48. The molecule has 1 fully saturated rings. The predicted octanol–water partition coefficient (Wildman–Crippen LogP) is 4.86. The average molecular weight is 216 g/mol. The first-order valence-corrected chi connectivity index (χ1v) is 6.55. The fourth-order valence-corrected chi connectivity index (χ4v) is 2.49. The van der Waals surface area contributed by atoms with E-state index in [4.69, 9.17) is 0 Å². The first kappa shape index (κ1) is 11.7. The van der Waals surface area contributed by atoms with Crippen molar-refractivity contribution in [3.63, 3.8) is 0 Å². The van der Waals surface area contributed by atoms with Crippen LogP contribution in [0.15, 0.2) is 30.3 Å². The Kier molecular flexibility index (Phi) is 3.10. The van der Waals surface area contributed by atoms with E-state index in [1.165, 1.54) is 12.8 Å². The van der Waals surface area contributed by atoms with Crippen LogP contribution < -0.4 is 0 Å². The van der Waals surface area contributed by atoms with Gasteiger partial charge in [-0.15, -0.1) is 0 Å². The van der Waals surface area contributed by atoms with Gasteiger partial charge in [-0.05, 0) is 41.6 Å². The van der Waals surface area contributed by atoms with Gasteiger partial charge in [0, 0.05) is 0 Å². The Morgan fingerprint density at radius 1 is 1.19 bits per heavy atom. The highest BCUT2D eigenvalue weighted by Crippen LogP contribution is 2.53. The minimum Gasteiger partial charge on any atom is -0.0623 e. The van der Waals surface area contributed by atoms with Gasteiger partial charge in [-0.25, -0.2) is 0 Å². The van der Waals surface area contributed by atoms with Crippen LogP contribution >= 0.6 is 0 Å². The van der Waals surface area contributed by atoms with Gasteiger partial charge < -0.3 is 0 Å². The van der Waals surface area contributed by atoms with Gasteiger partial charge >= 0.3 is 0 Å². The number of hydrogen-bond donors (Lipinski definition) is 0. The molecule has 0 aliphatic heterocycles. The second-order valence-corrected chi connectivity index (χ2v) is 6.36. The van der Waals surface area contributed by atoms with E-state index >= 15 is 0 Å². The molecule has 0 heterocycles. The Morgan fingerprint density at radius 2 is 1.81 bits per heavy atom. The summed E-state index contributed by atoms with van der Waals surface area (Å²) in [5.41, 5.74) is 2.04. The summed E-state index contributed by atoms with van der Waals surface area (Å²) in [7, 11) is 0. The fraction of sp³-hybridized carbons (Fsp3) is 0.625. The van der Waals surface area contributed by atoms with Gasteiger partial charge in [0.2, 0.25) is 0 Å². The summed E-state index contributed by atoms with van der Waals surface area (Å²) in [6.07, 6.45) is 2.78. The number of rotatable bonds is 4. The molecule has 0 spiro atoms. The maximum absolute atomic E-state index is 2.41. The molecule has 2 rings (SSSR count). The van der Waals surface area contributed by atoms with Gasteiger partial charge in [0.15, 0.2) is 0 Å². The molecular formula is C16H24. The van der Waals surface area contributed by atoms with Crippen LogP contribution in [0.2, 0.25) is 0 Å². The minimum absolute atomic E-state index is 0.494. The SMILES string of the molecule is CC(C)C(C)(C)CC1CC1c1ccccc1. The van der Waals surface area contributed by atoms with Crippen molar-refractivity contribution in [2.45, 2.75) is 46.5 Å². The summed E-state index contributed by atoms with van der Waals surface area (Å²) in [5.74, 6) is 2.56. The van der Waals surface area contributed by atoms with E-state index in [2.05, 4.69) is 58.0 Å². The van der Waals surface area contributed by atoms with Gasteiger partial charge in [0.05, 0.1) is 0 Å². The van der Waals surface area contributed by atoms with Crippen molar-refractivity contribution in [2.75, 3.05) is 0 Å². The predicted molar refractivity (Wildman–Crippen MR) is 70.5 cm³/mol. The molecule has 1 aliphatic rings. The molecule has 1 aliphatic carbocycles. The molecule has 0 bridgehead atoms. The van der Waals surface area contributed by atoms with E-state index in [0.29, 0.717) is 5.41 Å². The molecular weight excluding hydrogens is 192 g/mol. The second-order valence-electron chi connectivity index (χ2n) is 6.36. The molecule has 1 saturated carbocycles. The third-order valence-corrected chi connectivity index (χ3v) is 4.50. The monoisotopic (exact) mass is 216 g/mol. The summed E-state index contributed by atoms with van der Waals surface area (Å²) in [5, 5.41) is 0. The van der Waals surface area contributed by atoms with E-state index in [1.807, 2.05) is 0 Å². The van der Waals surface area contributed by atoms with Gasteiger partial charge in [-0.3, -0.25) is 0 Å². The zero-order chi connectivity index (χ0) is 11.8. The van der Waals surface area contributed by atoms with Crippen LogP contribution in [-0.2, 0) is 0 Å². The van der Waals surface area contributed by atoms with Gasteiger partial charge in [0.25, 0.3) is 0 Å². The average Bonchev–Trinajstić information content (AvgIpc) is 2.97. The lowest BCUT2D eigenvalue weighted by atomic mass is 9.76. The quantitative estimate of drug-likeness (QED) is 0.674. The van der Waals surface area contributed by atoms with Crippen LogP contribution in [0, 0.1) is 17.3 Å². The zero-order valence-electron chi connectivity index (χ0n) is 11.0. The maximum atomic E-state index is 2.41. The first-order valence-electron chi connectivity index (χ1n) is 6.55. The van der Waals surface area contributed by atoms with E-state index in [1.54, 1.807) is 5.56 Å². The lowest BCUT2D eigenvalue weighted by Crippen LogP contribution is -2.19. The van der Waals surface area contributed by atoms with Crippen molar-refractivity contribution in [3.8, 4) is 0 Å². The van der Waals surface area contributed by atoms with Crippen molar-refractivity contribution in [1.29, 1.82) is 0 Å². The largest absolute Gasteiger partial charge is 0.0623 e. The van der Waals surface area contributed by atoms with Crippen molar-refractivity contribution in [2.24, 2.45) is 17.3 Å². The molecule has 0 heteroatoms. The molecule has 1 aromatic carbocycles. The van der Waals surface area contributed by atoms with Crippen LogP contribution in [0.25, 0.3) is 0 Å². The van der Waals surface area contributed by atoms with Crippen molar-refractivity contribution >= 4 is 0 Å². The molecule has 0 radical (unpaired) electrons. The number of hydrogen-bond acceptors (Lipinski definition) is 0. The van der Waals surface area contributed by atoms with E-state index in [9.17, 15) is 0 Å². The van der Waals surface area contributed by atoms with Gasteiger partial charge in [0.1, 0.15) is 0 Å². The van der Waals surface area contributed by atoms with Crippen LogP contribution in [-0.4, -0.2) is 0 Å². The molecule has 2 unspecified atom stereocenters. The first-order chi connectivity index (χ1) is 7.50. The highest BCUT2D eigenvalue weighted by molar-refractivity contribution is 5.25. The van der Waals surface area contributed by atoms with E-state index in [0.717, 1.165) is 17.8 Å². The normalized spacial score (nSPS) is 24.8. The Labute approximate surface area is 100 Å². The molecule has 0 aromatic heterocycles. The van der Waals surface area contributed by atoms with E-state index < -0.39 is 0 Å². The second kappa shape index (κ2) is 4.24. The van der Waals surface area contributed by atoms with Crippen molar-refractivity contribution in [1.82, 2.24) is 0 Å². The van der Waals surface area contributed by atoms with Gasteiger partial charge in [-0.2, -0.15) is 0 Å². The lowest BCUT2D eigenvalue weighted by Gasteiger charge is -2.29. The van der Waals surface area contributed by atoms with Crippen LogP contribution in [0.3, 0.4) is 0 Å². The summed E-state index contributed by atoms with van der Waals surface area (Å²) in [6.45, 7) is 9.52. The molecule has 1 aromatic rings. The van der Waals surface area contributed by atoms with Gasteiger partial charge in [-0.1, -0.05) is 58.0 Å². The lowest BCUT2D eigenvalue weighted by molar-refractivity contribution is 0.215. The smallest absolute Gasteiger partial charge is 0.0130 e. The summed E-state index contributed by atoms with van der Waals surface area (Å²) < 4.78 is 0. The highest BCUT2D eigenvalue weighted by Gasteiger charge is 2.41. The van der Waals surface area contributed by atoms with Crippen LogP contribution in [0.1, 0.15) is 52.0 Å². The molecule has 0 nitrogen and oxygen atoms in total. The fourth-order valence-electron chi connectivity index (χ4n) is 2.49. The zero-order valence-corrected chi connectivity index (χ0v) is 11.0. The maximum Gasteiger partial charge on any atom is -0.0130 e. The Hall–Kier alpha value is -0.780. The van der Waals surface area contributed by atoms with Crippen LogP contribution in [0.5, 0.6) is 0 Å². The van der Waals surface area contributed by atoms with Crippen molar-refractivity contribution in [3.05, 3.63) is 35.9 Å². The molecule has 0 amide bonds. The third-order valence-electron chi connectivity index (χ3n) is 4.50. The van der Waals surface area contributed by atoms with Crippen LogP contribution in [0.4, 0.5) is 0 Å². The molecule has 0 saturated heterocycles. The Balaban J connectivity index is 1.93. The molecule has 88 valence electrons. The topological polar surface area (TPSA) is 0 Å². The molecule has 16 heavy (non-hydrogen) atoms. The van der Waals surface area contributed by atoms with E-state index in [-0.39, 0.29) is 0 Å². The summed E-state index contributed by atoms with van der Waals surface area (Å²) >= 11 is 0. The molecule has 2 atom stereocenters. The summed E-state index contributed by atoms with van der Waals surface area (Å²) in [6, 6.07) is 11.0.